The lowest BCUT2D eigenvalue weighted by Gasteiger charge is -2.49. The Morgan fingerprint density at radius 2 is 0.642 bits per heavy atom. The molecule has 0 spiro atoms. The molecule has 4 heterocycles. The van der Waals surface area contributed by atoms with Crippen LogP contribution in [0.25, 0.3) is 0 Å². The molecule has 0 bridgehead atoms. The molecule has 0 aliphatic carbocycles. The number of phosphoric ester groups is 2. The van der Waals surface area contributed by atoms with Gasteiger partial charge in [0.2, 0.25) is 0 Å². The molecule has 0 amide bonds. The maximum Gasteiger partial charge on any atom is 0.483 e. The average molecular weight is 1590 g/mol. The summed E-state index contributed by atoms with van der Waals surface area (Å²) in [6.45, 7) is 22.3. The van der Waals surface area contributed by atoms with Gasteiger partial charge in [-0.3, -0.25) is 9.05 Å². The van der Waals surface area contributed by atoms with Crippen LogP contribution in [0, 0.1) is 0 Å². The number of aliphatic hydroxyl groups excluding tert-OH is 12. The molecule has 0 radical (unpaired) electrons. The second-order valence-electron chi connectivity index (χ2n) is 29.8. The number of hydrogen-bond donors (Lipinski definition) is 15. The summed E-state index contributed by atoms with van der Waals surface area (Å²) >= 11 is 0. The highest BCUT2D eigenvalue weighted by molar-refractivity contribution is 7.61. The van der Waals surface area contributed by atoms with Gasteiger partial charge in [0, 0.05) is 0 Å². The van der Waals surface area contributed by atoms with Crippen molar-refractivity contribution in [1.29, 1.82) is 0 Å². The molecule has 0 saturated carbocycles. The van der Waals surface area contributed by atoms with Crippen molar-refractivity contribution >= 4 is 21.6 Å². The van der Waals surface area contributed by atoms with E-state index in [0.717, 1.165) is 121 Å². The van der Waals surface area contributed by atoms with E-state index in [0.29, 0.717) is 12.8 Å². The summed E-state index contributed by atoms with van der Waals surface area (Å²) in [7, 11) is -11.2. The van der Waals surface area contributed by atoms with Crippen LogP contribution in [0.3, 0.4) is 0 Å². The third-order valence-electron chi connectivity index (χ3n) is 19.6. The van der Waals surface area contributed by atoms with E-state index in [1.54, 1.807) is 6.92 Å². The Kier molecular flexibility index (Phi) is 44.5. The van der Waals surface area contributed by atoms with E-state index in [4.69, 9.17) is 42.2 Å². The SMILES string of the molecule is CC(C)=CCC/C(C)=C/CC/C(C)=C/CC/C(C)=C\CC/C(C)=C\CC/C(C)=C\CC/C(C)=C\CC/C(C)=C\CC/C(C)=C\CC/C(C)=C\CC/C(C)=C\COP(=O)(O)OP(=O)(O)O[C@H]1O[C@H](CO)[C@@H](O[C@@H]2O[C@H](CO)[C@@H](O)[C@H](O[C@H]3O[C@H](CO)[C@@H](O)[C@H](O)[C@@H]3O[C@@H]3O[C@H](C(=O)O)[C@@H](O)[C@H](O)[C@H]3O)[C@H]2O)[C@H](O)[C@H]1O. The second-order valence-corrected chi connectivity index (χ2v) is 32.7. The molecular formula is C79H130O28P2. The molecule has 0 aromatic carbocycles. The Morgan fingerprint density at radius 1 is 0.330 bits per heavy atom. The minimum atomic E-state index is -5.76. The number of ether oxygens (including phenoxy) is 7. The first-order valence-electron chi connectivity index (χ1n) is 38.1. The monoisotopic (exact) mass is 1590 g/mol. The molecule has 2 unspecified atom stereocenters. The number of hydrogen-bond acceptors (Lipinski definition) is 25. The Morgan fingerprint density at radius 3 is 1.02 bits per heavy atom. The summed E-state index contributed by atoms with van der Waals surface area (Å²) in [6, 6.07) is 0. The van der Waals surface area contributed by atoms with Gasteiger partial charge in [-0.2, -0.15) is 4.31 Å². The highest BCUT2D eigenvalue weighted by atomic mass is 31.3. The zero-order chi connectivity index (χ0) is 81.3. The Bertz CT molecular complexity index is 3220. The van der Waals surface area contributed by atoms with E-state index in [2.05, 4.69) is 134 Å². The molecule has 22 atom stereocenters. The quantitative estimate of drug-likeness (QED) is 0.0199. The van der Waals surface area contributed by atoms with Crippen molar-refractivity contribution in [1.82, 2.24) is 0 Å². The molecule has 28 nitrogen and oxygen atoms in total. The largest absolute Gasteiger partial charge is 0.483 e. The van der Waals surface area contributed by atoms with Gasteiger partial charge in [0.15, 0.2) is 31.3 Å². The standard InChI is InChI=1S/C79H130O28P2/c1-48(2)23-13-24-49(3)25-14-26-50(4)27-15-28-51(5)29-16-30-52(6)31-17-32-53(7)33-18-34-54(8)35-19-36-55(9)37-20-38-56(10)39-21-40-57(11)41-22-42-58(12)43-44-98-108(94,95)107-109(96,97)106-78-69(90)67(88)71(61(47-82)101-78)102-77-70(91)72(63(84)60(46-81)99-77)103-79-74(65(86)62(83)59(45-80)100-79)105-76-68(89)64(85)66(87)73(104-76)75(92)93/h23,25,27,29,31,33,35,37,39,41,43,59-74,76-91H,13-22,24,26,28,30,32,34,36,38,40,42,44-47H2,1-12H3,(H,92,93)(H,94,95)(H,96,97)/b49-25+,50-27+,51-29-,52-31-,53-33-,54-35-,55-37-,56-39-,57-41-,58-43-/t59-,60-,61-,62-,63-,64+,65+,66+,67-,68-,69-,70-,71-,72+,73+,74+,76+,77+,78-,79-/m1/s1. The van der Waals surface area contributed by atoms with Gasteiger partial charge in [-0.05, 0) is 212 Å². The number of allylic oxidation sites excluding steroid dienone is 21. The summed E-state index contributed by atoms with van der Waals surface area (Å²) in [6.07, 6.45) is 2.71. The number of carbonyl (C=O) groups is 1. The van der Waals surface area contributed by atoms with Gasteiger partial charge in [0.05, 0.1) is 26.4 Å². The third kappa shape index (κ3) is 35.0. The first-order chi connectivity index (χ1) is 51.4. The van der Waals surface area contributed by atoms with Crippen molar-refractivity contribution in [3.05, 3.63) is 128 Å². The fourth-order valence-electron chi connectivity index (χ4n) is 12.7. The molecule has 624 valence electrons. The molecule has 4 aliphatic heterocycles. The summed E-state index contributed by atoms with van der Waals surface area (Å²) in [4.78, 5) is 32.7. The van der Waals surface area contributed by atoms with Crippen LogP contribution in [-0.2, 0) is 60.4 Å². The molecule has 4 saturated heterocycles. The van der Waals surface area contributed by atoms with Crippen LogP contribution < -0.4 is 0 Å². The van der Waals surface area contributed by atoms with E-state index in [-0.39, 0.29) is 0 Å². The normalized spacial score (nSPS) is 31.7. The highest BCUT2D eigenvalue weighted by Gasteiger charge is 2.57. The maximum absolute atomic E-state index is 13.1. The van der Waals surface area contributed by atoms with E-state index in [1.165, 1.54) is 61.8 Å². The van der Waals surface area contributed by atoms with Crippen molar-refractivity contribution in [2.45, 2.75) is 334 Å². The van der Waals surface area contributed by atoms with Gasteiger partial charge >= 0.3 is 21.6 Å². The summed E-state index contributed by atoms with van der Waals surface area (Å²) in [5.41, 5.74) is 14.9. The Balaban J connectivity index is 1.14. The number of aliphatic carboxylic acids is 1. The lowest BCUT2D eigenvalue weighted by atomic mass is 9.95. The number of phosphoric acid groups is 2. The molecule has 4 fully saturated rings. The molecule has 15 N–H and O–H groups in total. The topological polar surface area (TPSA) is 447 Å². The van der Waals surface area contributed by atoms with E-state index in [9.17, 15) is 90.1 Å². The van der Waals surface area contributed by atoms with Gasteiger partial charge < -0.3 is 109 Å². The fraction of sp³-hybridized carbons (Fsp3) is 0.709. The first-order valence-corrected chi connectivity index (χ1v) is 41.1. The predicted octanol–water partition coefficient (Wildman–Crippen LogP) is 9.83. The van der Waals surface area contributed by atoms with Crippen LogP contribution >= 0.6 is 15.6 Å². The maximum atomic E-state index is 13.1. The highest BCUT2D eigenvalue weighted by Crippen LogP contribution is 2.61. The minimum Gasteiger partial charge on any atom is -0.479 e. The van der Waals surface area contributed by atoms with E-state index >= 15 is 0 Å². The lowest BCUT2D eigenvalue weighted by Crippen LogP contribution is -2.68. The van der Waals surface area contributed by atoms with Crippen molar-refractivity contribution < 1.29 is 137 Å². The molecular weight excluding hydrogens is 1460 g/mol. The van der Waals surface area contributed by atoms with Gasteiger partial charge in [-0.1, -0.05) is 128 Å². The van der Waals surface area contributed by atoms with Gasteiger partial charge in [0.25, 0.3) is 0 Å². The number of aliphatic hydroxyl groups is 12. The zero-order valence-electron chi connectivity index (χ0n) is 65.8. The van der Waals surface area contributed by atoms with Gasteiger partial charge in [-0.25, -0.2) is 13.9 Å². The third-order valence-corrected chi connectivity index (χ3v) is 22.2. The van der Waals surface area contributed by atoms with Crippen LogP contribution in [0.5, 0.6) is 0 Å². The van der Waals surface area contributed by atoms with Crippen molar-refractivity contribution in [2.75, 3.05) is 26.4 Å². The van der Waals surface area contributed by atoms with Crippen molar-refractivity contribution in [3.63, 3.8) is 0 Å². The zero-order valence-corrected chi connectivity index (χ0v) is 67.6. The van der Waals surface area contributed by atoms with Crippen molar-refractivity contribution in [3.8, 4) is 0 Å². The summed E-state index contributed by atoms with van der Waals surface area (Å²) < 4.78 is 78.7. The Hall–Kier alpha value is -3.89. The van der Waals surface area contributed by atoms with E-state index in [1.807, 2.05) is 6.92 Å². The average Bonchev–Trinajstić information content (AvgIpc) is 0.773. The lowest BCUT2D eigenvalue weighted by molar-refractivity contribution is -0.394. The minimum absolute atomic E-state index is 0.548. The molecule has 0 aromatic heterocycles. The van der Waals surface area contributed by atoms with Gasteiger partial charge in [-0.15, -0.1) is 0 Å². The summed E-state index contributed by atoms with van der Waals surface area (Å²) in [5, 5.41) is 138. The van der Waals surface area contributed by atoms with Crippen LogP contribution in [0.1, 0.15) is 212 Å². The fourth-order valence-corrected chi connectivity index (χ4v) is 14.8. The molecule has 0 aromatic rings. The molecule has 109 heavy (non-hydrogen) atoms. The second kappa shape index (κ2) is 49.8. The van der Waals surface area contributed by atoms with Crippen LogP contribution in [0.2, 0.25) is 0 Å². The first kappa shape index (κ1) is 97.5. The number of rotatable bonds is 47. The predicted molar refractivity (Wildman–Crippen MR) is 409 cm³/mol. The molecule has 4 aliphatic rings. The number of carboxylic acid groups (broad SMARTS) is 1. The van der Waals surface area contributed by atoms with Gasteiger partial charge in [0.1, 0.15) is 91.6 Å². The summed E-state index contributed by atoms with van der Waals surface area (Å²) in [5.74, 6) is -1.82. The molecule has 30 heteroatoms. The van der Waals surface area contributed by atoms with Crippen LogP contribution in [-0.4, -0.2) is 231 Å². The molecule has 4 rings (SSSR count). The smallest absolute Gasteiger partial charge is 0.479 e. The Labute approximate surface area is 644 Å². The van der Waals surface area contributed by atoms with E-state index < -0.39 is 171 Å². The van der Waals surface area contributed by atoms with Crippen LogP contribution in [0.15, 0.2) is 128 Å². The van der Waals surface area contributed by atoms with Crippen LogP contribution in [0.4, 0.5) is 0 Å². The van der Waals surface area contributed by atoms with Crippen molar-refractivity contribution in [2.24, 2.45) is 0 Å². The number of carboxylic acids is 1.